The summed E-state index contributed by atoms with van der Waals surface area (Å²) in [6.45, 7) is 2.26. The molecule has 0 saturated carbocycles. The van der Waals surface area contributed by atoms with Gasteiger partial charge in [-0.3, -0.25) is 0 Å². The summed E-state index contributed by atoms with van der Waals surface area (Å²) in [7, 11) is 0. The molecule has 1 aliphatic heterocycles. The zero-order valence-corrected chi connectivity index (χ0v) is 11.3. The Morgan fingerprint density at radius 3 is 2.53 bits per heavy atom. The zero-order valence-electron chi connectivity index (χ0n) is 9.71. The quantitative estimate of drug-likeness (QED) is 0.851. The van der Waals surface area contributed by atoms with Crippen molar-refractivity contribution in [1.29, 1.82) is 0 Å². The lowest BCUT2D eigenvalue weighted by atomic mass is 10.2. The van der Waals surface area contributed by atoms with Gasteiger partial charge in [-0.25, -0.2) is 0 Å². The van der Waals surface area contributed by atoms with Gasteiger partial charge >= 0.3 is 0 Å². The molecule has 1 aromatic rings. The fraction of sp³-hybridized carbons (Fsp3) is 0.462. The predicted molar refractivity (Wildman–Crippen MR) is 77.3 cm³/mol. The molecule has 0 aliphatic carbocycles. The Balaban J connectivity index is 1.97. The van der Waals surface area contributed by atoms with Crippen LogP contribution in [0.15, 0.2) is 30.3 Å². The van der Waals surface area contributed by atoms with Crippen LogP contribution < -0.4 is 0 Å². The Morgan fingerprint density at radius 1 is 1.29 bits per heavy atom. The van der Waals surface area contributed by atoms with Crippen molar-refractivity contribution in [3.8, 4) is 0 Å². The SMILES string of the molecule is OCC(SC(=S)N1CCCC1)c1ccccc1. The predicted octanol–water partition coefficient (Wildman–Crippen LogP) is 2.83. The Hall–Kier alpha value is -0.580. The number of likely N-dealkylation sites (tertiary alicyclic amines) is 1. The smallest absolute Gasteiger partial charge is 0.137 e. The van der Waals surface area contributed by atoms with Crippen LogP contribution in [0, 0.1) is 0 Å². The van der Waals surface area contributed by atoms with Crippen LogP contribution >= 0.6 is 24.0 Å². The molecule has 0 spiro atoms. The Labute approximate surface area is 112 Å². The largest absolute Gasteiger partial charge is 0.395 e. The second kappa shape index (κ2) is 6.38. The van der Waals surface area contributed by atoms with Gasteiger partial charge in [0.15, 0.2) is 0 Å². The van der Waals surface area contributed by atoms with E-state index >= 15 is 0 Å². The highest BCUT2D eigenvalue weighted by Gasteiger charge is 2.20. The molecule has 1 heterocycles. The van der Waals surface area contributed by atoms with E-state index in [9.17, 15) is 5.11 Å². The van der Waals surface area contributed by atoms with Crippen molar-refractivity contribution in [3.05, 3.63) is 35.9 Å². The number of benzene rings is 1. The number of hydrogen-bond donors (Lipinski definition) is 1. The average molecular weight is 267 g/mol. The van der Waals surface area contributed by atoms with Crippen LogP contribution in [0.4, 0.5) is 0 Å². The summed E-state index contributed by atoms with van der Waals surface area (Å²) in [6.07, 6.45) is 2.46. The molecule has 1 saturated heterocycles. The van der Waals surface area contributed by atoms with E-state index in [0.717, 1.165) is 23.0 Å². The van der Waals surface area contributed by atoms with Crippen LogP contribution in [0.5, 0.6) is 0 Å². The van der Waals surface area contributed by atoms with Crippen molar-refractivity contribution >= 4 is 28.3 Å². The second-order valence-corrected chi connectivity index (χ2v) is 6.00. The molecule has 0 amide bonds. The highest BCUT2D eigenvalue weighted by Crippen LogP contribution is 2.31. The molecule has 0 aromatic heterocycles. The van der Waals surface area contributed by atoms with E-state index in [4.69, 9.17) is 12.2 Å². The minimum Gasteiger partial charge on any atom is -0.395 e. The highest BCUT2D eigenvalue weighted by atomic mass is 32.2. The van der Waals surface area contributed by atoms with Crippen LogP contribution in [0.1, 0.15) is 23.7 Å². The molecule has 1 fully saturated rings. The van der Waals surface area contributed by atoms with Crippen LogP contribution in [-0.4, -0.2) is 34.0 Å². The molecule has 1 N–H and O–H groups in total. The van der Waals surface area contributed by atoms with Gasteiger partial charge in [-0.2, -0.15) is 0 Å². The van der Waals surface area contributed by atoms with Crippen LogP contribution in [0.25, 0.3) is 0 Å². The van der Waals surface area contributed by atoms with Gasteiger partial charge in [0.25, 0.3) is 0 Å². The van der Waals surface area contributed by atoms with Gasteiger partial charge in [0.2, 0.25) is 0 Å². The highest BCUT2D eigenvalue weighted by molar-refractivity contribution is 8.23. The maximum atomic E-state index is 9.47. The molecule has 1 aromatic carbocycles. The number of aliphatic hydroxyl groups is 1. The standard InChI is InChI=1S/C13H17NOS2/c15-10-12(11-6-2-1-3-7-11)17-13(16)14-8-4-5-9-14/h1-3,6-7,12,15H,4-5,8-10H2. The molecule has 17 heavy (non-hydrogen) atoms. The lowest BCUT2D eigenvalue weighted by Gasteiger charge is -2.21. The lowest BCUT2D eigenvalue weighted by Crippen LogP contribution is -2.24. The maximum absolute atomic E-state index is 9.47. The lowest BCUT2D eigenvalue weighted by molar-refractivity contribution is 0.296. The van der Waals surface area contributed by atoms with E-state index in [1.807, 2.05) is 30.3 Å². The van der Waals surface area contributed by atoms with Crippen LogP contribution in [-0.2, 0) is 0 Å². The normalized spacial score (nSPS) is 17.1. The van der Waals surface area contributed by atoms with Gasteiger partial charge in [-0.05, 0) is 18.4 Å². The second-order valence-electron chi connectivity index (χ2n) is 4.16. The summed E-state index contributed by atoms with van der Waals surface area (Å²) in [4.78, 5) is 2.24. The third-order valence-corrected chi connectivity index (χ3v) is 4.66. The van der Waals surface area contributed by atoms with Crippen molar-refractivity contribution in [3.63, 3.8) is 0 Å². The van der Waals surface area contributed by atoms with Crippen molar-refractivity contribution in [1.82, 2.24) is 4.90 Å². The zero-order chi connectivity index (χ0) is 12.1. The summed E-state index contributed by atoms with van der Waals surface area (Å²) >= 11 is 7.04. The minimum absolute atomic E-state index is 0.0595. The van der Waals surface area contributed by atoms with Crippen LogP contribution in [0.2, 0.25) is 0 Å². The van der Waals surface area contributed by atoms with E-state index in [1.165, 1.54) is 12.8 Å². The van der Waals surface area contributed by atoms with Gasteiger partial charge in [-0.15, -0.1) is 0 Å². The molecule has 4 heteroatoms. The molecule has 1 aliphatic rings. The number of nitrogens with zero attached hydrogens (tertiary/aromatic N) is 1. The van der Waals surface area contributed by atoms with E-state index in [-0.39, 0.29) is 11.9 Å². The Bertz CT molecular complexity index is 363. The number of aliphatic hydroxyl groups excluding tert-OH is 1. The molecule has 0 radical (unpaired) electrons. The van der Waals surface area contributed by atoms with E-state index < -0.39 is 0 Å². The summed E-state index contributed by atoms with van der Waals surface area (Å²) in [5.74, 6) is 0. The topological polar surface area (TPSA) is 23.5 Å². The number of thioether (sulfide) groups is 1. The van der Waals surface area contributed by atoms with Gasteiger partial charge < -0.3 is 10.0 Å². The van der Waals surface area contributed by atoms with Crippen molar-refractivity contribution in [2.24, 2.45) is 0 Å². The Morgan fingerprint density at radius 2 is 1.94 bits per heavy atom. The fourth-order valence-electron chi connectivity index (χ4n) is 1.97. The third kappa shape index (κ3) is 3.44. The maximum Gasteiger partial charge on any atom is 0.137 e. The number of thiocarbonyl (C=S) groups is 1. The fourth-order valence-corrected chi connectivity index (χ4v) is 3.45. The molecule has 2 rings (SSSR count). The molecule has 1 atom stereocenters. The third-order valence-electron chi connectivity index (χ3n) is 2.94. The van der Waals surface area contributed by atoms with Crippen molar-refractivity contribution < 1.29 is 5.11 Å². The van der Waals surface area contributed by atoms with E-state index in [1.54, 1.807) is 11.8 Å². The monoisotopic (exact) mass is 267 g/mol. The molecule has 0 bridgehead atoms. The van der Waals surface area contributed by atoms with Gasteiger partial charge in [-0.1, -0.05) is 54.3 Å². The number of rotatable bonds is 3. The van der Waals surface area contributed by atoms with Gasteiger partial charge in [0.1, 0.15) is 4.32 Å². The average Bonchev–Trinajstić information content (AvgIpc) is 2.90. The summed E-state index contributed by atoms with van der Waals surface area (Å²) in [5.41, 5.74) is 1.14. The van der Waals surface area contributed by atoms with Gasteiger partial charge in [0, 0.05) is 13.1 Å². The van der Waals surface area contributed by atoms with Crippen molar-refractivity contribution in [2.75, 3.05) is 19.7 Å². The van der Waals surface area contributed by atoms with Crippen molar-refractivity contribution in [2.45, 2.75) is 18.1 Å². The molecule has 2 nitrogen and oxygen atoms in total. The first-order valence-corrected chi connectivity index (χ1v) is 7.21. The molecular formula is C13H17NOS2. The summed E-state index contributed by atoms with van der Waals surface area (Å²) in [6, 6.07) is 10.1. The first kappa shape index (κ1) is 12.9. The summed E-state index contributed by atoms with van der Waals surface area (Å²) < 4.78 is 0.922. The summed E-state index contributed by atoms with van der Waals surface area (Å²) in [5, 5.41) is 9.53. The molecule has 1 unspecified atom stereocenters. The number of hydrogen-bond acceptors (Lipinski definition) is 3. The first-order chi connectivity index (χ1) is 8.31. The van der Waals surface area contributed by atoms with Gasteiger partial charge in [0.05, 0.1) is 11.9 Å². The molecular weight excluding hydrogens is 250 g/mol. The first-order valence-electron chi connectivity index (χ1n) is 5.92. The van der Waals surface area contributed by atoms with E-state index in [0.29, 0.717) is 0 Å². The Kier molecular flexibility index (Phi) is 4.83. The van der Waals surface area contributed by atoms with E-state index in [2.05, 4.69) is 4.90 Å². The molecule has 92 valence electrons. The van der Waals surface area contributed by atoms with Crippen LogP contribution in [0.3, 0.4) is 0 Å². The minimum atomic E-state index is 0.0595.